The normalized spacial score (nSPS) is 10.8. The number of rotatable bonds is 48. The van der Waals surface area contributed by atoms with Gasteiger partial charge in [-0.1, -0.05) is 310 Å². The Bertz CT molecular complexity index is 474. The molecular formula is C55H118S3Sn. The summed E-state index contributed by atoms with van der Waals surface area (Å²) in [6.45, 7) is 6.88. The van der Waals surface area contributed by atoms with Crippen LogP contribution >= 0.6 is 37.9 Å². The van der Waals surface area contributed by atoms with Gasteiger partial charge in [0.1, 0.15) is 0 Å². The Labute approximate surface area is 408 Å². The van der Waals surface area contributed by atoms with Crippen LogP contribution in [0, 0.1) is 0 Å². The van der Waals surface area contributed by atoms with E-state index in [1.165, 1.54) is 331 Å². The van der Waals surface area contributed by atoms with Crippen LogP contribution in [0.15, 0.2) is 0 Å². The van der Waals surface area contributed by atoms with Crippen molar-refractivity contribution < 1.29 is 0 Å². The van der Waals surface area contributed by atoms with Gasteiger partial charge in [-0.05, 0) is 36.5 Å². The minimum atomic E-state index is 1.07. The maximum atomic E-state index is 4.24. The molecule has 360 valence electrons. The van der Waals surface area contributed by atoms with Gasteiger partial charge in [0.25, 0.3) is 0 Å². The summed E-state index contributed by atoms with van der Waals surface area (Å²) in [5.41, 5.74) is 0. The van der Waals surface area contributed by atoms with E-state index in [-0.39, 0.29) is 0 Å². The SMILES string of the molecule is CCCCCCCCCCCCCCCCCCS.CCCCCCCCCCCCCCCCCCS.CCCCCCCCCCCCCCCCCCS.[CH3][SnH]. The first-order valence-electron chi connectivity index (χ1n) is 27.6. The molecule has 0 spiro atoms. The molecule has 2 radical (unpaired) electrons. The Morgan fingerprint density at radius 1 is 0.169 bits per heavy atom. The Hall–Kier alpha value is 1.85. The van der Waals surface area contributed by atoms with Gasteiger partial charge < -0.3 is 0 Å². The van der Waals surface area contributed by atoms with Crippen LogP contribution in [0.25, 0.3) is 0 Å². The molecular weight excluding hydrogens is 876 g/mol. The summed E-state index contributed by atoms with van der Waals surface area (Å²) in [5.74, 6) is 3.20. The van der Waals surface area contributed by atoms with Gasteiger partial charge in [0.05, 0.1) is 0 Å². The van der Waals surface area contributed by atoms with Gasteiger partial charge in [0.2, 0.25) is 0 Å². The van der Waals surface area contributed by atoms with Gasteiger partial charge >= 0.3 is 27.5 Å². The second kappa shape index (κ2) is 74.2. The average molecular weight is 994 g/mol. The molecule has 0 aromatic carbocycles. The van der Waals surface area contributed by atoms with E-state index in [0.717, 1.165) is 17.3 Å². The van der Waals surface area contributed by atoms with E-state index in [0.29, 0.717) is 0 Å². The molecule has 0 fully saturated rings. The van der Waals surface area contributed by atoms with E-state index in [4.69, 9.17) is 0 Å². The van der Waals surface area contributed by atoms with Crippen LogP contribution in [0.3, 0.4) is 0 Å². The van der Waals surface area contributed by atoms with Crippen molar-refractivity contribution in [1.82, 2.24) is 0 Å². The third kappa shape index (κ3) is 80.6. The van der Waals surface area contributed by atoms with Crippen molar-refractivity contribution in [3.05, 3.63) is 0 Å². The van der Waals surface area contributed by atoms with Gasteiger partial charge in [-0.15, -0.1) is 0 Å². The number of thiol groups is 3. The van der Waals surface area contributed by atoms with Crippen LogP contribution in [0.2, 0.25) is 4.94 Å². The van der Waals surface area contributed by atoms with E-state index in [9.17, 15) is 0 Å². The van der Waals surface area contributed by atoms with E-state index in [1.807, 2.05) is 0 Å². The quantitative estimate of drug-likeness (QED) is 0.0302. The monoisotopic (exact) mass is 995 g/mol. The molecule has 59 heavy (non-hydrogen) atoms. The fourth-order valence-electron chi connectivity index (χ4n) is 7.98. The summed E-state index contributed by atoms with van der Waals surface area (Å²) in [6.07, 6.45) is 69.4. The van der Waals surface area contributed by atoms with Crippen molar-refractivity contribution in [2.24, 2.45) is 0 Å². The second-order valence-corrected chi connectivity index (χ2v) is 19.4. The zero-order valence-corrected chi connectivity index (χ0v) is 48.0. The first-order valence-corrected chi connectivity index (χ1v) is 32.8. The predicted molar refractivity (Wildman–Crippen MR) is 293 cm³/mol. The van der Waals surface area contributed by atoms with Crippen molar-refractivity contribution in [3.63, 3.8) is 0 Å². The summed E-state index contributed by atoms with van der Waals surface area (Å²) in [5, 5.41) is 0. The zero-order chi connectivity index (χ0) is 44.1. The molecule has 0 heterocycles. The molecule has 0 rings (SSSR count). The first kappa shape index (κ1) is 67.4. The Balaban J connectivity index is -0.000000376. The molecule has 0 nitrogen and oxygen atoms in total. The zero-order valence-electron chi connectivity index (χ0n) is 42.0. The molecule has 0 aliphatic heterocycles. The Morgan fingerprint density at radius 2 is 0.254 bits per heavy atom. The molecule has 4 heteroatoms. The molecule has 0 aliphatic carbocycles. The molecule has 0 aromatic rings. The maximum absolute atomic E-state index is 4.24. The van der Waals surface area contributed by atoms with E-state index >= 15 is 0 Å². The summed E-state index contributed by atoms with van der Waals surface area (Å²) in [4.78, 5) is 2.13. The topological polar surface area (TPSA) is 0 Å². The van der Waals surface area contributed by atoms with Crippen LogP contribution in [-0.2, 0) is 0 Å². The fourth-order valence-corrected chi connectivity index (χ4v) is 8.65. The van der Waals surface area contributed by atoms with Gasteiger partial charge in [-0.2, -0.15) is 37.9 Å². The number of hydrogen-bond acceptors (Lipinski definition) is 3. The summed E-state index contributed by atoms with van der Waals surface area (Å²) in [6, 6.07) is 0. The van der Waals surface area contributed by atoms with Crippen molar-refractivity contribution in [2.45, 2.75) is 334 Å². The van der Waals surface area contributed by atoms with Gasteiger partial charge in [-0.25, -0.2) is 0 Å². The number of hydrogen-bond donors (Lipinski definition) is 3. The molecule has 0 aromatic heterocycles. The van der Waals surface area contributed by atoms with Crippen molar-refractivity contribution in [2.75, 3.05) is 17.3 Å². The van der Waals surface area contributed by atoms with Crippen molar-refractivity contribution in [1.29, 1.82) is 0 Å². The average Bonchev–Trinajstić information content (AvgIpc) is 3.26. The van der Waals surface area contributed by atoms with Gasteiger partial charge in [-0.3, -0.25) is 0 Å². The molecule has 0 atom stereocenters. The third-order valence-electron chi connectivity index (χ3n) is 12.0. The molecule has 0 amide bonds. The first-order chi connectivity index (χ1) is 29.2. The van der Waals surface area contributed by atoms with Crippen LogP contribution in [0.1, 0.15) is 329 Å². The van der Waals surface area contributed by atoms with E-state index in [2.05, 4.69) is 63.6 Å². The minimum absolute atomic E-state index is 1.07. The third-order valence-corrected chi connectivity index (χ3v) is 13.0. The Morgan fingerprint density at radius 3 is 0.339 bits per heavy atom. The van der Waals surface area contributed by atoms with Gasteiger partial charge in [0.15, 0.2) is 0 Å². The van der Waals surface area contributed by atoms with E-state index in [1.54, 1.807) is 0 Å². The molecule has 0 bridgehead atoms. The van der Waals surface area contributed by atoms with Crippen LogP contribution in [-0.4, -0.2) is 39.8 Å². The number of unbranched alkanes of at least 4 members (excludes halogenated alkanes) is 45. The fraction of sp³-hybridized carbons (Fsp3) is 1.00. The molecule has 0 aliphatic rings. The predicted octanol–water partition coefficient (Wildman–Crippen LogP) is 21.5. The Kier molecular flexibility index (Phi) is 84.8. The molecule has 0 unspecified atom stereocenters. The van der Waals surface area contributed by atoms with Crippen molar-refractivity contribution in [3.8, 4) is 0 Å². The van der Waals surface area contributed by atoms with Crippen molar-refractivity contribution >= 4 is 60.4 Å². The summed E-state index contributed by atoms with van der Waals surface area (Å²) < 4.78 is 0. The second-order valence-electron chi connectivity index (χ2n) is 18.1. The molecule has 0 N–H and O–H groups in total. The molecule has 0 saturated carbocycles. The van der Waals surface area contributed by atoms with E-state index < -0.39 is 0 Å². The van der Waals surface area contributed by atoms with Crippen LogP contribution < -0.4 is 0 Å². The standard InChI is InChI=1S/3C18H38S.CH3.Sn.H/c3*1-2-3-4-5-6-7-8-9-10-11-12-13-14-15-16-17-18-19;;;/h3*19H,2-18H2,1H3;1H3;;. The summed E-state index contributed by atoms with van der Waals surface area (Å²) in [7, 11) is 0. The van der Waals surface area contributed by atoms with Crippen LogP contribution in [0.4, 0.5) is 0 Å². The van der Waals surface area contributed by atoms with Gasteiger partial charge in [0, 0.05) is 0 Å². The summed E-state index contributed by atoms with van der Waals surface area (Å²) >= 11 is 14.1. The van der Waals surface area contributed by atoms with Crippen LogP contribution in [0.5, 0.6) is 0 Å². The molecule has 0 saturated heterocycles.